The topological polar surface area (TPSA) is 82.2 Å². The number of methoxy groups -OCH3 is 1. The van der Waals surface area contributed by atoms with Gasteiger partial charge in [0.05, 0.1) is 19.5 Å². The average Bonchev–Trinajstić information content (AvgIpc) is 2.96. The zero-order valence-corrected chi connectivity index (χ0v) is 12.2. The molecule has 0 aliphatic heterocycles. The normalized spacial score (nSPS) is 12.0. The molecule has 21 heavy (non-hydrogen) atoms. The maximum Gasteiger partial charge on any atom is 0.271 e. The van der Waals surface area contributed by atoms with Gasteiger partial charge in [-0.3, -0.25) is 4.79 Å². The summed E-state index contributed by atoms with van der Waals surface area (Å²) in [4.78, 5) is 16.2. The van der Waals surface area contributed by atoms with Crippen LogP contribution in [0.25, 0.3) is 0 Å². The van der Waals surface area contributed by atoms with E-state index in [1.54, 1.807) is 24.2 Å². The van der Waals surface area contributed by atoms with Crippen LogP contribution in [0.15, 0.2) is 36.8 Å². The number of nitrogens with one attached hydrogen (secondary N) is 1. The van der Waals surface area contributed by atoms with Crippen LogP contribution >= 0.6 is 0 Å². The lowest BCUT2D eigenvalue weighted by Gasteiger charge is -2.13. The standard InChI is InChI=1S/C15H20N4O2/c1-11(12-3-5-13(21-2)6-4-12)18-15(20)14-9-19(8-7-16)10-17-14/h3-6,9-11H,7-8,16H2,1-2H3,(H,18,20). The Morgan fingerprint density at radius 3 is 2.76 bits per heavy atom. The lowest BCUT2D eigenvalue weighted by molar-refractivity contribution is 0.0935. The molecule has 0 aliphatic carbocycles. The Hall–Kier alpha value is -2.34. The second-order valence-corrected chi connectivity index (χ2v) is 4.75. The molecule has 1 aromatic carbocycles. The number of nitrogens with zero attached hydrogens (tertiary/aromatic N) is 2. The van der Waals surface area contributed by atoms with Crippen molar-refractivity contribution in [3.05, 3.63) is 48.0 Å². The summed E-state index contributed by atoms with van der Waals surface area (Å²) < 4.78 is 6.91. The Morgan fingerprint density at radius 1 is 1.43 bits per heavy atom. The molecular formula is C15H20N4O2. The Bertz CT molecular complexity index is 592. The van der Waals surface area contributed by atoms with Gasteiger partial charge in [0, 0.05) is 19.3 Å². The van der Waals surface area contributed by atoms with Crippen molar-refractivity contribution >= 4 is 5.91 Å². The van der Waals surface area contributed by atoms with E-state index in [-0.39, 0.29) is 11.9 Å². The number of carbonyl (C=O) groups excluding carboxylic acids is 1. The maximum atomic E-state index is 12.1. The second-order valence-electron chi connectivity index (χ2n) is 4.75. The van der Waals surface area contributed by atoms with Gasteiger partial charge in [-0.15, -0.1) is 0 Å². The van der Waals surface area contributed by atoms with E-state index in [0.29, 0.717) is 18.8 Å². The average molecular weight is 288 g/mol. The molecule has 0 spiro atoms. The maximum absolute atomic E-state index is 12.1. The number of ether oxygens (including phenoxy) is 1. The van der Waals surface area contributed by atoms with Crippen molar-refractivity contribution in [1.29, 1.82) is 0 Å². The minimum Gasteiger partial charge on any atom is -0.497 e. The zero-order chi connectivity index (χ0) is 15.2. The summed E-state index contributed by atoms with van der Waals surface area (Å²) in [7, 11) is 1.62. The number of amides is 1. The highest BCUT2D eigenvalue weighted by atomic mass is 16.5. The van der Waals surface area contributed by atoms with E-state index in [1.165, 1.54) is 0 Å². The Balaban J connectivity index is 1.99. The Morgan fingerprint density at radius 2 is 2.14 bits per heavy atom. The van der Waals surface area contributed by atoms with Gasteiger partial charge >= 0.3 is 0 Å². The van der Waals surface area contributed by atoms with Crippen LogP contribution in [-0.2, 0) is 6.54 Å². The number of aromatic nitrogens is 2. The molecule has 0 saturated carbocycles. The smallest absolute Gasteiger partial charge is 0.271 e. The highest BCUT2D eigenvalue weighted by Crippen LogP contribution is 2.17. The SMILES string of the molecule is COc1ccc(C(C)NC(=O)c2cn(CCN)cn2)cc1. The van der Waals surface area contributed by atoms with Crippen molar-refractivity contribution in [1.82, 2.24) is 14.9 Å². The van der Waals surface area contributed by atoms with Gasteiger partial charge in [-0.05, 0) is 24.6 Å². The highest BCUT2D eigenvalue weighted by molar-refractivity contribution is 5.92. The van der Waals surface area contributed by atoms with E-state index < -0.39 is 0 Å². The van der Waals surface area contributed by atoms with E-state index in [1.807, 2.05) is 31.2 Å². The summed E-state index contributed by atoms with van der Waals surface area (Å²) in [5.74, 6) is 0.590. The fourth-order valence-electron chi connectivity index (χ4n) is 2.00. The first kappa shape index (κ1) is 15.1. The molecule has 2 aromatic rings. The molecular weight excluding hydrogens is 268 g/mol. The van der Waals surface area contributed by atoms with E-state index in [4.69, 9.17) is 10.5 Å². The summed E-state index contributed by atoms with van der Waals surface area (Å²) in [6.45, 7) is 3.09. The summed E-state index contributed by atoms with van der Waals surface area (Å²) in [6, 6.07) is 7.48. The fourth-order valence-corrected chi connectivity index (χ4v) is 2.00. The van der Waals surface area contributed by atoms with Crippen molar-refractivity contribution in [2.45, 2.75) is 19.5 Å². The van der Waals surface area contributed by atoms with Gasteiger partial charge in [-0.2, -0.15) is 0 Å². The first-order chi connectivity index (χ1) is 10.1. The van der Waals surface area contributed by atoms with Crippen LogP contribution in [0.2, 0.25) is 0 Å². The molecule has 1 amide bonds. The largest absolute Gasteiger partial charge is 0.497 e. The van der Waals surface area contributed by atoms with Crippen LogP contribution in [0.1, 0.15) is 29.0 Å². The van der Waals surface area contributed by atoms with E-state index >= 15 is 0 Å². The van der Waals surface area contributed by atoms with Crippen LogP contribution in [0.3, 0.4) is 0 Å². The summed E-state index contributed by atoms with van der Waals surface area (Å²) in [6.07, 6.45) is 3.31. The van der Waals surface area contributed by atoms with Crippen LogP contribution in [0, 0.1) is 0 Å². The van der Waals surface area contributed by atoms with Gasteiger partial charge in [0.2, 0.25) is 0 Å². The Kier molecular flexibility index (Phi) is 4.94. The van der Waals surface area contributed by atoms with Crippen molar-refractivity contribution in [3.8, 4) is 5.75 Å². The van der Waals surface area contributed by atoms with Gasteiger partial charge in [0.15, 0.2) is 0 Å². The predicted molar refractivity (Wildman–Crippen MR) is 80.2 cm³/mol. The summed E-state index contributed by atoms with van der Waals surface area (Å²) in [5.41, 5.74) is 6.86. The quantitative estimate of drug-likeness (QED) is 0.840. The number of hydrogen-bond donors (Lipinski definition) is 2. The molecule has 1 unspecified atom stereocenters. The summed E-state index contributed by atoms with van der Waals surface area (Å²) >= 11 is 0. The third kappa shape index (κ3) is 3.82. The van der Waals surface area contributed by atoms with Crippen molar-refractivity contribution in [3.63, 3.8) is 0 Å². The van der Waals surface area contributed by atoms with Crippen molar-refractivity contribution in [2.24, 2.45) is 5.73 Å². The van der Waals surface area contributed by atoms with Gasteiger partial charge in [-0.1, -0.05) is 12.1 Å². The third-order valence-electron chi connectivity index (χ3n) is 3.22. The molecule has 6 heteroatoms. The third-order valence-corrected chi connectivity index (χ3v) is 3.22. The first-order valence-electron chi connectivity index (χ1n) is 6.80. The van der Waals surface area contributed by atoms with Crippen molar-refractivity contribution < 1.29 is 9.53 Å². The van der Waals surface area contributed by atoms with Crippen LogP contribution < -0.4 is 15.8 Å². The molecule has 112 valence electrons. The molecule has 1 atom stereocenters. The minimum absolute atomic E-state index is 0.108. The first-order valence-corrected chi connectivity index (χ1v) is 6.80. The number of rotatable bonds is 6. The summed E-state index contributed by atoms with van der Waals surface area (Å²) in [5, 5.41) is 2.92. The van der Waals surface area contributed by atoms with Gasteiger partial charge in [-0.25, -0.2) is 4.98 Å². The second kappa shape index (κ2) is 6.90. The molecule has 2 rings (SSSR count). The van der Waals surface area contributed by atoms with E-state index in [9.17, 15) is 4.79 Å². The molecule has 0 aliphatic rings. The van der Waals surface area contributed by atoms with Gasteiger partial charge < -0.3 is 20.4 Å². The molecule has 6 nitrogen and oxygen atoms in total. The van der Waals surface area contributed by atoms with Crippen LogP contribution in [-0.4, -0.2) is 29.1 Å². The molecule has 0 radical (unpaired) electrons. The molecule has 1 heterocycles. The number of hydrogen-bond acceptors (Lipinski definition) is 4. The number of carbonyl (C=O) groups is 1. The number of imidazole rings is 1. The lowest BCUT2D eigenvalue weighted by atomic mass is 10.1. The molecule has 0 fully saturated rings. The van der Waals surface area contributed by atoms with Crippen LogP contribution in [0.5, 0.6) is 5.75 Å². The van der Waals surface area contributed by atoms with E-state index in [0.717, 1.165) is 11.3 Å². The lowest BCUT2D eigenvalue weighted by Crippen LogP contribution is -2.26. The molecule has 0 saturated heterocycles. The van der Waals surface area contributed by atoms with Crippen LogP contribution in [0.4, 0.5) is 0 Å². The number of benzene rings is 1. The zero-order valence-electron chi connectivity index (χ0n) is 12.2. The molecule has 0 bridgehead atoms. The highest BCUT2D eigenvalue weighted by Gasteiger charge is 2.13. The van der Waals surface area contributed by atoms with Gasteiger partial charge in [0.25, 0.3) is 5.91 Å². The molecule has 1 aromatic heterocycles. The minimum atomic E-state index is -0.200. The monoisotopic (exact) mass is 288 g/mol. The predicted octanol–water partition coefficient (Wildman–Crippen LogP) is 1.34. The van der Waals surface area contributed by atoms with E-state index in [2.05, 4.69) is 10.3 Å². The number of nitrogens with two attached hydrogens (primary N) is 1. The van der Waals surface area contributed by atoms with Gasteiger partial charge in [0.1, 0.15) is 11.4 Å². The van der Waals surface area contributed by atoms with Crippen molar-refractivity contribution in [2.75, 3.05) is 13.7 Å². The fraction of sp³-hybridized carbons (Fsp3) is 0.333. The molecule has 3 N–H and O–H groups in total. The Labute approximate surface area is 123 Å².